The number of nitrogen functional groups attached to an aromatic ring is 1. The van der Waals surface area contributed by atoms with Crippen LogP contribution in [0.3, 0.4) is 0 Å². The molecule has 1 aliphatic heterocycles. The summed E-state index contributed by atoms with van der Waals surface area (Å²) in [6.07, 6.45) is 2.30. The summed E-state index contributed by atoms with van der Waals surface area (Å²) in [5.41, 5.74) is 6.45. The maximum absolute atomic E-state index is 15.2. The van der Waals surface area contributed by atoms with Crippen molar-refractivity contribution in [3.8, 4) is 5.75 Å². The summed E-state index contributed by atoms with van der Waals surface area (Å²) in [6.45, 7) is 13.3. The fourth-order valence-corrected chi connectivity index (χ4v) is 3.60. The van der Waals surface area contributed by atoms with Crippen molar-refractivity contribution in [3.63, 3.8) is 0 Å². The molecule has 0 spiro atoms. The van der Waals surface area contributed by atoms with E-state index in [2.05, 4.69) is 45.8 Å². The normalized spacial score (nSPS) is 16.9. The van der Waals surface area contributed by atoms with Crippen molar-refractivity contribution in [1.82, 2.24) is 10.3 Å². The predicted octanol–water partition coefficient (Wildman–Crippen LogP) is 5.21. The molecule has 1 unspecified atom stereocenters. The van der Waals surface area contributed by atoms with Crippen LogP contribution >= 0.6 is 0 Å². The number of pyridine rings is 1. The molecule has 0 aliphatic carbocycles. The molecule has 7 nitrogen and oxygen atoms in total. The highest BCUT2D eigenvalue weighted by Crippen LogP contribution is 2.42. The largest absolute Gasteiger partial charge is 0.481 e. The third-order valence-corrected chi connectivity index (χ3v) is 5.40. The van der Waals surface area contributed by atoms with Gasteiger partial charge in [0, 0.05) is 11.6 Å². The molecule has 0 saturated heterocycles. The van der Waals surface area contributed by atoms with Crippen LogP contribution in [-0.2, 0) is 0 Å². The Morgan fingerprint density at radius 2 is 2.12 bits per heavy atom. The molecule has 1 atom stereocenters. The molecule has 0 saturated carbocycles. The lowest BCUT2D eigenvalue weighted by atomic mass is 10.00. The lowest BCUT2D eigenvalue weighted by Crippen LogP contribution is -2.50. The molecule has 2 aromatic rings. The highest BCUT2D eigenvalue weighted by molar-refractivity contribution is 5.94. The first-order valence-corrected chi connectivity index (χ1v) is 10.7. The van der Waals surface area contributed by atoms with Crippen LogP contribution < -0.4 is 20.7 Å². The number of ether oxygens (including phenoxy) is 1. The van der Waals surface area contributed by atoms with E-state index >= 15 is 4.39 Å². The molecule has 0 radical (unpaired) electrons. The van der Waals surface area contributed by atoms with Crippen LogP contribution in [0, 0.1) is 5.82 Å². The van der Waals surface area contributed by atoms with E-state index in [9.17, 15) is 4.39 Å². The number of aromatic nitrogens is 1. The fraction of sp³-hybridized carbons (Fsp3) is 0.375. The Kier molecular flexibility index (Phi) is 7.00. The summed E-state index contributed by atoms with van der Waals surface area (Å²) in [4.78, 5) is 14.2. The summed E-state index contributed by atoms with van der Waals surface area (Å²) < 4.78 is 35.8. The van der Waals surface area contributed by atoms with Gasteiger partial charge in [0.05, 0.1) is 29.8 Å². The van der Waals surface area contributed by atoms with E-state index < -0.39 is 17.2 Å². The van der Waals surface area contributed by atoms with E-state index in [4.69, 9.17) is 10.5 Å². The van der Waals surface area contributed by atoms with E-state index in [-0.39, 0.29) is 23.4 Å². The molecule has 1 aromatic heterocycles. The topological polar surface area (TPSA) is 88.1 Å². The second kappa shape index (κ2) is 9.56. The van der Waals surface area contributed by atoms with Gasteiger partial charge in [-0.25, -0.2) is 18.8 Å². The second-order valence-electron chi connectivity index (χ2n) is 8.63. The van der Waals surface area contributed by atoms with E-state index in [0.29, 0.717) is 29.3 Å². The summed E-state index contributed by atoms with van der Waals surface area (Å²) >= 11 is 0. The van der Waals surface area contributed by atoms with E-state index in [1.54, 1.807) is 18.2 Å². The summed E-state index contributed by atoms with van der Waals surface area (Å²) in [6, 6.07) is 6.32. The van der Waals surface area contributed by atoms with Gasteiger partial charge in [0.25, 0.3) is 0 Å². The Morgan fingerprint density at radius 1 is 1.39 bits per heavy atom. The maximum atomic E-state index is 15.2. The van der Waals surface area contributed by atoms with Crippen molar-refractivity contribution in [2.24, 2.45) is 9.98 Å². The number of benzene rings is 1. The molecule has 2 heterocycles. The molecule has 1 aromatic carbocycles. The fourth-order valence-electron chi connectivity index (χ4n) is 3.60. The number of guanidine groups is 1. The number of halogens is 2. The van der Waals surface area contributed by atoms with Gasteiger partial charge in [0.15, 0.2) is 17.4 Å². The third kappa shape index (κ3) is 5.47. The monoisotopic (exact) mass is 456 g/mol. The van der Waals surface area contributed by atoms with Gasteiger partial charge < -0.3 is 20.7 Å². The van der Waals surface area contributed by atoms with E-state index in [0.717, 1.165) is 6.42 Å². The number of fused-ring (bicyclic) bond motifs is 1. The van der Waals surface area contributed by atoms with Crippen molar-refractivity contribution in [3.05, 3.63) is 47.7 Å². The first-order valence-electron chi connectivity index (χ1n) is 10.7. The molecule has 0 amide bonds. The van der Waals surface area contributed by atoms with E-state index in [1.165, 1.54) is 19.2 Å². The SMILES string of the molecule is C=NC(=Nc1ccc(N)cn1)N/C(=C(\C)F)c1cc(F)c2c(c1)N(C(C)CC)CC(C)(C)O2. The summed E-state index contributed by atoms with van der Waals surface area (Å²) in [7, 11) is 0. The standard InChI is InChI=1S/C24H30F2N6O/c1-7-14(2)32-13-24(4,5)33-22-18(26)10-16(11-19(22)32)21(15(3)25)31-23(28-6)30-20-9-8-17(27)12-29-20/h8-12,14H,6-7,13,27H2,1-5H3,(H,29,30,31)/b21-15+. The zero-order valence-electron chi connectivity index (χ0n) is 19.6. The molecule has 3 N–H and O–H groups in total. The van der Waals surface area contributed by atoms with Crippen LogP contribution in [-0.4, -0.2) is 35.8 Å². The summed E-state index contributed by atoms with van der Waals surface area (Å²) in [5, 5.41) is 2.82. The van der Waals surface area contributed by atoms with Crippen LogP contribution in [0.1, 0.15) is 46.6 Å². The molecule has 0 fully saturated rings. The number of nitrogens with zero attached hydrogens (tertiary/aromatic N) is 4. The van der Waals surface area contributed by atoms with Crippen molar-refractivity contribution >= 4 is 35.6 Å². The number of hydrogen-bond donors (Lipinski definition) is 2. The van der Waals surface area contributed by atoms with Crippen LogP contribution in [0.25, 0.3) is 5.70 Å². The van der Waals surface area contributed by atoms with Gasteiger partial charge in [-0.05, 0) is 65.1 Å². The first kappa shape index (κ1) is 24.2. The number of hydrogen-bond acceptors (Lipinski definition) is 5. The van der Waals surface area contributed by atoms with Gasteiger partial charge in [-0.3, -0.25) is 0 Å². The number of nitrogens with one attached hydrogen (secondary N) is 1. The number of nitrogens with two attached hydrogens (primary N) is 1. The van der Waals surface area contributed by atoms with Gasteiger partial charge in [-0.2, -0.15) is 4.99 Å². The lowest BCUT2D eigenvalue weighted by Gasteiger charge is -2.44. The van der Waals surface area contributed by atoms with Crippen LogP contribution in [0.5, 0.6) is 5.75 Å². The smallest absolute Gasteiger partial charge is 0.228 e. The van der Waals surface area contributed by atoms with Gasteiger partial charge in [-0.15, -0.1) is 0 Å². The number of allylic oxidation sites excluding steroid dienone is 1. The molecular weight excluding hydrogens is 426 g/mol. The van der Waals surface area contributed by atoms with Crippen LogP contribution in [0.15, 0.2) is 46.3 Å². The quantitative estimate of drug-likeness (QED) is 0.476. The van der Waals surface area contributed by atoms with Crippen LogP contribution in [0.4, 0.5) is 26.0 Å². The van der Waals surface area contributed by atoms with Crippen molar-refractivity contribution in [1.29, 1.82) is 0 Å². The molecular formula is C24H30F2N6O. The van der Waals surface area contributed by atoms with E-state index in [1.807, 2.05) is 13.8 Å². The van der Waals surface area contributed by atoms with Gasteiger partial charge in [0.2, 0.25) is 5.96 Å². The molecule has 176 valence electrons. The number of aliphatic imine (C=N–C) groups is 2. The average molecular weight is 457 g/mol. The van der Waals surface area contributed by atoms with Crippen molar-refractivity contribution in [2.75, 3.05) is 17.2 Å². The zero-order chi connectivity index (χ0) is 24.3. The Bertz CT molecular complexity index is 1090. The van der Waals surface area contributed by atoms with Crippen molar-refractivity contribution < 1.29 is 13.5 Å². The predicted molar refractivity (Wildman–Crippen MR) is 130 cm³/mol. The van der Waals surface area contributed by atoms with Crippen LogP contribution in [0.2, 0.25) is 0 Å². The second-order valence-corrected chi connectivity index (χ2v) is 8.63. The third-order valence-electron chi connectivity index (χ3n) is 5.40. The summed E-state index contributed by atoms with van der Waals surface area (Å²) in [5.74, 6) is -0.663. The molecule has 0 bridgehead atoms. The highest BCUT2D eigenvalue weighted by Gasteiger charge is 2.36. The molecule has 3 rings (SSSR count). The molecule has 9 heteroatoms. The first-order chi connectivity index (χ1) is 15.5. The Morgan fingerprint density at radius 3 is 2.70 bits per heavy atom. The maximum Gasteiger partial charge on any atom is 0.228 e. The highest BCUT2D eigenvalue weighted by atomic mass is 19.1. The Labute approximate surface area is 193 Å². The minimum atomic E-state index is -0.575. The Balaban J connectivity index is 2.04. The molecule has 1 aliphatic rings. The van der Waals surface area contributed by atoms with Gasteiger partial charge in [-0.1, -0.05) is 6.92 Å². The number of rotatable bonds is 5. The molecule has 33 heavy (non-hydrogen) atoms. The minimum absolute atomic E-state index is 0.00793. The van der Waals surface area contributed by atoms with Gasteiger partial charge in [0.1, 0.15) is 11.4 Å². The lowest BCUT2D eigenvalue weighted by molar-refractivity contribution is 0.0959. The average Bonchev–Trinajstić information content (AvgIpc) is 2.76. The number of anilines is 2. The zero-order valence-corrected chi connectivity index (χ0v) is 19.6. The minimum Gasteiger partial charge on any atom is -0.481 e. The van der Waals surface area contributed by atoms with Gasteiger partial charge >= 0.3 is 0 Å². The van der Waals surface area contributed by atoms with Crippen molar-refractivity contribution in [2.45, 2.75) is 52.7 Å². The Hall–Kier alpha value is -3.49.